The Hall–Kier alpha value is -2.48. The molecule has 29 heavy (non-hydrogen) atoms. The van der Waals surface area contributed by atoms with Crippen LogP contribution in [0.15, 0.2) is 36.7 Å². The van der Waals surface area contributed by atoms with E-state index in [2.05, 4.69) is 10.3 Å². The van der Waals surface area contributed by atoms with Gasteiger partial charge in [-0.15, -0.1) is 0 Å². The lowest BCUT2D eigenvalue weighted by atomic mass is 9.99. The molecule has 1 fully saturated rings. The van der Waals surface area contributed by atoms with Crippen LogP contribution in [-0.2, 0) is 13.0 Å². The van der Waals surface area contributed by atoms with Gasteiger partial charge in [0.15, 0.2) is 0 Å². The first kappa shape index (κ1) is 18.5. The van der Waals surface area contributed by atoms with E-state index in [4.69, 9.17) is 4.74 Å². The van der Waals surface area contributed by atoms with Crippen LogP contribution in [0.4, 0.5) is 4.39 Å². The number of ether oxygens (including phenoxy) is 1. The monoisotopic (exact) mass is 397 g/mol. The van der Waals surface area contributed by atoms with Gasteiger partial charge in [0.2, 0.25) is 0 Å². The van der Waals surface area contributed by atoms with Crippen LogP contribution in [0.5, 0.6) is 5.75 Å². The summed E-state index contributed by atoms with van der Waals surface area (Å²) in [6.45, 7) is 3.28. The molecule has 4 atom stereocenters. The van der Waals surface area contributed by atoms with Crippen molar-refractivity contribution in [1.82, 2.24) is 14.9 Å². The Bertz CT molecular complexity index is 1070. The van der Waals surface area contributed by atoms with E-state index < -0.39 is 18.3 Å². The number of nitrogens with one attached hydrogen (secondary N) is 1. The highest BCUT2D eigenvalue weighted by atomic mass is 19.1. The maximum Gasteiger partial charge on any atom is 0.140 e. The van der Waals surface area contributed by atoms with Crippen LogP contribution in [0.25, 0.3) is 11.0 Å². The summed E-state index contributed by atoms with van der Waals surface area (Å²) in [4.78, 5) is 4.46. The van der Waals surface area contributed by atoms with E-state index in [1.165, 1.54) is 6.07 Å². The van der Waals surface area contributed by atoms with Crippen LogP contribution >= 0.6 is 0 Å². The van der Waals surface area contributed by atoms with Gasteiger partial charge in [-0.2, -0.15) is 0 Å². The lowest BCUT2D eigenvalue weighted by Crippen LogP contribution is -2.35. The largest absolute Gasteiger partial charge is 0.487 e. The molecule has 152 valence electrons. The number of hydrogen-bond donors (Lipinski definition) is 3. The summed E-state index contributed by atoms with van der Waals surface area (Å²) in [6.07, 6.45) is 2.08. The van der Waals surface area contributed by atoms with Gasteiger partial charge in [-0.05, 0) is 55.3 Å². The average Bonchev–Trinajstić information content (AvgIpc) is 3.28. The molecule has 3 aromatic rings. The van der Waals surface area contributed by atoms with E-state index in [1.807, 2.05) is 29.8 Å². The lowest BCUT2D eigenvalue weighted by molar-refractivity contribution is -0.0166. The zero-order chi connectivity index (χ0) is 20.1. The molecule has 0 unspecified atom stereocenters. The van der Waals surface area contributed by atoms with Crippen molar-refractivity contribution in [3.05, 3.63) is 59.2 Å². The first-order chi connectivity index (χ1) is 14.0. The van der Waals surface area contributed by atoms with Crippen LogP contribution < -0.4 is 10.1 Å². The molecular formula is C22H24FN3O3. The van der Waals surface area contributed by atoms with Crippen molar-refractivity contribution >= 4 is 11.0 Å². The molecule has 1 aliphatic carbocycles. The van der Waals surface area contributed by atoms with Crippen LogP contribution in [0.2, 0.25) is 0 Å². The van der Waals surface area contributed by atoms with Crippen molar-refractivity contribution in [2.24, 2.45) is 0 Å². The Kier molecular flexibility index (Phi) is 4.53. The number of pyridine rings is 1. The summed E-state index contributed by atoms with van der Waals surface area (Å²) in [5.74, 6) is 0.343. The van der Waals surface area contributed by atoms with Gasteiger partial charge in [-0.3, -0.25) is 0 Å². The number of aromatic nitrogens is 2. The number of aliphatic hydroxyl groups excluding tert-OH is 2. The van der Waals surface area contributed by atoms with Gasteiger partial charge in [0, 0.05) is 36.3 Å². The van der Waals surface area contributed by atoms with E-state index in [-0.39, 0.29) is 11.9 Å². The molecular weight excluding hydrogens is 373 g/mol. The molecule has 1 saturated carbocycles. The Morgan fingerprint density at radius 2 is 2.03 bits per heavy atom. The molecule has 0 bridgehead atoms. The van der Waals surface area contributed by atoms with E-state index in [0.717, 1.165) is 28.7 Å². The maximum atomic E-state index is 14.1. The third kappa shape index (κ3) is 3.01. The Labute approximate surface area is 167 Å². The van der Waals surface area contributed by atoms with Gasteiger partial charge in [0.25, 0.3) is 0 Å². The lowest BCUT2D eigenvalue weighted by Gasteiger charge is -2.24. The number of hydrogen-bond acceptors (Lipinski definition) is 5. The van der Waals surface area contributed by atoms with Crippen molar-refractivity contribution < 1.29 is 19.3 Å². The van der Waals surface area contributed by atoms with Gasteiger partial charge in [-0.25, -0.2) is 9.37 Å². The van der Waals surface area contributed by atoms with Crippen molar-refractivity contribution in [1.29, 1.82) is 0 Å². The number of aliphatic hydroxyl groups is 2. The van der Waals surface area contributed by atoms with E-state index in [1.54, 1.807) is 12.3 Å². The molecule has 2 aromatic heterocycles. The Morgan fingerprint density at radius 1 is 1.17 bits per heavy atom. The van der Waals surface area contributed by atoms with E-state index in [9.17, 15) is 14.6 Å². The number of halogens is 1. The fraction of sp³-hybridized carbons (Fsp3) is 0.409. The minimum absolute atomic E-state index is 0.223. The number of benzene rings is 1. The summed E-state index contributed by atoms with van der Waals surface area (Å²) in [6, 6.07) is 6.61. The predicted molar refractivity (Wildman–Crippen MR) is 106 cm³/mol. The molecule has 6 nitrogen and oxygen atoms in total. The summed E-state index contributed by atoms with van der Waals surface area (Å²) < 4.78 is 22.2. The summed E-state index contributed by atoms with van der Waals surface area (Å²) >= 11 is 0. The average molecular weight is 397 g/mol. The van der Waals surface area contributed by atoms with Crippen molar-refractivity contribution in [2.45, 2.75) is 50.7 Å². The van der Waals surface area contributed by atoms with Gasteiger partial charge < -0.3 is 24.8 Å². The second-order valence-corrected chi connectivity index (χ2v) is 7.96. The van der Waals surface area contributed by atoms with Crippen molar-refractivity contribution in [2.75, 3.05) is 6.54 Å². The zero-order valence-electron chi connectivity index (χ0n) is 16.2. The van der Waals surface area contributed by atoms with Crippen molar-refractivity contribution in [3.8, 4) is 5.75 Å². The molecule has 1 aromatic carbocycles. The van der Waals surface area contributed by atoms with Crippen LogP contribution in [0.1, 0.15) is 29.2 Å². The molecule has 7 heteroatoms. The van der Waals surface area contributed by atoms with E-state index in [0.29, 0.717) is 30.7 Å². The summed E-state index contributed by atoms with van der Waals surface area (Å²) in [5, 5.41) is 25.7. The smallest absolute Gasteiger partial charge is 0.140 e. The van der Waals surface area contributed by atoms with Gasteiger partial charge >= 0.3 is 0 Å². The van der Waals surface area contributed by atoms with Crippen molar-refractivity contribution in [3.63, 3.8) is 0 Å². The normalized spacial score (nSPS) is 26.6. The molecule has 5 rings (SSSR count). The first-order valence-electron chi connectivity index (χ1n) is 10.0. The van der Waals surface area contributed by atoms with Gasteiger partial charge in [0.05, 0.1) is 6.04 Å². The highest BCUT2D eigenvalue weighted by Gasteiger charge is 2.44. The topological polar surface area (TPSA) is 79.5 Å². The standard InChI is InChI=1S/C22H24FN3O3/c1-12-4-8-25-22-13(12)6-9-26(22)17-10-19(21(28)20(17)27)29-18-3-2-16(23)14-5-7-24-11-15(14)18/h2-4,6,8-9,17,19-21,24,27-28H,5,7,10-11H2,1H3/t17-,19+,20+,21-/m1/s1. The minimum Gasteiger partial charge on any atom is -0.487 e. The van der Waals surface area contributed by atoms with E-state index >= 15 is 0 Å². The van der Waals surface area contributed by atoms with Crippen LogP contribution in [0.3, 0.4) is 0 Å². The summed E-state index contributed by atoms with van der Waals surface area (Å²) in [7, 11) is 0. The minimum atomic E-state index is -1.04. The Balaban J connectivity index is 1.44. The Morgan fingerprint density at radius 3 is 2.90 bits per heavy atom. The second kappa shape index (κ2) is 7.09. The number of aryl methyl sites for hydroxylation is 1. The quantitative estimate of drug-likeness (QED) is 0.632. The van der Waals surface area contributed by atoms with Gasteiger partial charge in [0.1, 0.15) is 35.5 Å². The molecule has 0 saturated heterocycles. The molecule has 2 aliphatic rings. The second-order valence-electron chi connectivity index (χ2n) is 7.96. The number of nitrogens with zero attached hydrogens (tertiary/aromatic N) is 2. The van der Waals surface area contributed by atoms with Gasteiger partial charge in [-0.1, -0.05) is 0 Å². The fourth-order valence-corrected chi connectivity index (χ4v) is 4.63. The maximum absolute atomic E-state index is 14.1. The van der Waals surface area contributed by atoms with Crippen LogP contribution in [-0.4, -0.2) is 44.6 Å². The highest BCUT2D eigenvalue weighted by Crippen LogP contribution is 2.37. The highest BCUT2D eigenvalue weighted by molar-refractivity contribution is 5.79. The molecule has 1 aliphatic heterocycles. The molecule has 3 N–H and O–H groups in total. The summed E-state index contributed by atoms with van der Waals surface area (Å²) in [5.41, 5.74) is 3.36. The number of rotatable bonds is 3. The molecule has 0 amide bonds. The first-order valence-corrected chi connectivity index (χ1v) is 10.0. The molecule has 3 heterocycles. The number of fused-ring (bicyclic) bond motifs is 2. The van der Waals surface area contributed by atoms with Crippen LogP contribution in [0, 0.1) is 12.7 Å². The predicted octanol–water partition coefficient (Wildman–Crippen LogP) is 2.24. The third-order valence-electron chi connectivity index (χ3n) is 6.25. The molecule has 0 radical (unpaired) electrons. The third-order valence-corrected chi connectivity index (χ3v) is 6.25. The SMILES string of the molecule is Cc1ccnc2c1ccn2[C@@H]1C[C@H](Oc2ccc(F)c3c2CNCC3)[C@@H](O)[C@H]1O. The zero-order valence-corrected chi connectivity index (χ0v) is 16.2. The fourth-order valence-electron chi connectivity index (χ4n) is 4.63. The molecule has 0 spiro atoms.